The summed E-state index contributed by atoms with van der Waals surface area (Å²) < 4.78 is 17.3. The van der Waals surface area contributed by atoms with Crippen LogP contribution in [-0.2, 0) is 16.6 Å². The average Bonchev–Trinajstić information content (AvgIpc) is 2.87. The molecule has 0 fully saturated rings. The molecule has 2 aromatic rings. The van der Waals surface area contributed by atoms with Gasteiger partial charge in [0.25, 0.3) is 0 Å². The number of carboxylic acids is 1. The number of hydrogen-bond acceptors (Lipinski definition) is 3. The molecule has 0 bridgehead atoms. The highest BCUT2D eigenvalue weighted by atomic mass is 32.2. The first-order valence-electron chi connectivity index (χ1n) is 6.26. The van der Waals surface area contributed by atoms with Crippen molar-refractivity contribution in [2.75, 3.05) is 0 Å². The molecule has 0 saturated heterocycles. The third-order valence-corrected chi connectivity index (χ3v) is 4.33. The molecule has 2 rings (SSSR count). The smallest absolute Gasteiger partial charge is 0.338 e. The number of hydrogen-bond donors (Lipinski definition) is 1. The van der Waals surface area contributed by atoms with Crippen molar-refractivity contribution in [1.29, 1.82) is 0 Å². The van der Waals surface area contributed by atoms with E-state index in [0.29, 0.717) is 16.6 Å². The van der Waals surface area contributed by atoms with Gasteiger partial charge < -0.3 is 9.52 Å². The Morgan fingerprint density at radius 1 is 1.30 bits per heavy atom. The summed E-state index contributed by atoms with van der Waals surface area (Å²) in [4.78, 5) is 11.4. The van der Waals surface area contributed by atoms with Gasteiger partial charge in [-0.15, -0.1) is 0 Å². The van der Waals surface area contributed by atoms with E-state index in [1.807, 2.05) is 24.3 Å². The number of aromatic carboxylic acids is 1. The highest BCUT2D eigenvalue weighted by Gasteiger charge is 2.12. The second kappa shape index (κ2) is 6.05. The minimum absolute atomic E-state index is 0.0761. The molecule has 1 aromatic heterocycles. The maximum atomic E-state index is 12.2. The topological polar surface area (TPSA) is 67.5 Å². The van der Waals surface area contributed by atoms with Gasteiger partial charge >= 0.3 is 5.97 Å². The van der Waals surface area contributed by atoms with Crippen molar-refractivity contribution in [3.63, 3.8) is 0 Å². The van der Waals surface area contributed by atoms with Crippen LogP contribution in [0.1, 0.15) is 41.4 Å². The van der Waals surface area contributed by atoms with E-state index >= 15 is 0 Å². The van der Waals surface area contributed by atoms with Crippen LogP contribution in [-0.4, -0.2) is 15.3 Å². The molecule has 0 aliphatic heterocycles. The van der Waals surface area contributed by atoms with Crippen molar-refractivity contribution in [2.45, 2.75) is 30.4 Å². The van der Waals surface area contributed by atoms with Gasteiger partial charge in [0, 0.05) is 4.90 Å². The molecule has 20 heavy (non-hydrogen) atoms. The molecule has 1 unspecified atom stereocenters. The molecule has 1 heterocycles. The Morgan fingerprint density at radius 3 is 2.45 bits per heavy atom. The van der Waals surface area contributed by atoms with Crippen molar-refractivity contribution in [1.82, 2.24) is 0 Å². The van der Waals surface area contributed by atoms with Crippen molar-refractivity contribution in [3.8, 4) is 0 Å². The van der Waals surface area contributed by atoms with Crippen molar-refractivity contribution in [2.24, 2.45) is 0 Å². The van der Waals surface area contributed by atoms with Crippen LogP contribution in [0.4, 0.5) is 0 Å². The van der Waals surface area contributed by atoms with Gasteiger partial charge in [0.2, 0.25) is 0 Å². The van der Waals surface area contributed by atoms with Gasteiger partial charge in [0.05, 0.1) is 22.1 Å². The number of furan rings is 1. The minimum atomic E-state index is -1.24. The van der Waals surface area contributed by atoms with E-state index in [1.54, 1.807) is 0 Å². The van der Waals surface area contributed by atoms with Gasteiger partial charge in [-0.25, -0.2) is 4.79 Å². The Bertz CT molecular complexity index is 626. The molecule has 0 spiro atoms. The standard InChI is InChI=1S/C15H16O4S/c1-10(2)11-3-5-14(6-4-11)20(18)9-13-7-12(8-19-13)15(16)17/h3-8,10H,9H2,1-2H3,(H,16,17). The van der Waals surface area contributed by atoms with Crippen LogP contribution in [0.2, 0.25) is 0 Å². The summed E-state index contributed by atoms with van der Waals surface area (Å²) in [7, 11) is -1.24. The molecule has 0 aliphatic carbocycles. The van der Waals surface area contributed by atoms with E-state index in [4.69, 9.17) is 9.52 Å². The SMILES string of the molecule is CC(C)c1ccc(S(=O)Cc2cc(C(=O)O)co2)cc1. The Kier molecular flexibility index (Phi) is 4.39. The van der Waals surface area contributed by atoms with Crippen LogP contribution in [0.3, 0.4) is 0 Å². The molecule has 0 amide bonds. The molecule has 1 N–H and O–H groups in total. The van der Waals surface area contributed by atoms with Gasteiger partial charge in [-0.2, -0.15) is 0 Å². The second-order valence-electron chi connectivity index (χ2n) is 4.82. The molecule has 0 radical (unpaired) electrons. The van der Waals surface area contributed by atoms with Gasteiger partial charge in [-0.3, -0.25) is 4.21 Å². The molecule has 4 nitrogen and oxygen atoms in total. The summed E-state index contributed by atoms with van der Waals surface area (Å²) in [5.74, 6) is -0.0321. The minimum Gasteiger partial charge on any atom is -0.478 e. The normalized spacial score (nSPS) is 12.6. The lowest BCUT2D eigenvalue weighted by atomic mass is 10.0. The first-order chi connectivity index (χ1) is 9.47. The van der Waals surface area contributed by atoms with Crippen LogP contribution in [0, 0.1) is 0 Å². The Hall–Kier alpha value is -1.88. The predicted octanol–water partition coefficient (Wildman–Crippen LogP) is 3.41. The summed E-state index contributed by atoms with van der Waals surface area (Å²) in [6.45, 7) is 4.20. The van der Waals surface area contributed by atoms with Crippen LogP contribution in [0.15, 0.2) is 45.9 Å². The van der Waals surface area contributed by atoms with Gasteiger partial charge in [-0.1, -0.05) is 26.0 Å². The maximum Gasteiger partial charge on any atom is 0.338 e. The van der Waals surface area contributed by atoms with E-state index in [-0.39, 0.29) is 11.3 Å². The molecule has 5 heteroatoms. The fourth-order valence-corrected chi connectivity index (χ4v) is 2.80. The van der Waals surface area contributed by atoms with Crippen molar-refractivity contribution >= 4 is 16.8 Å². The molecular weight excluding hydrogens is 276 g/mol. The fraction of sp³-hybridized carbons (Fsp3) is 0.267. The van der Waals surface area contributed by atoms with Crippen LogP contribution < -0.4 is 0 Å². The number of benzene rings is 1. The van der Waals surface area contributed by atoms with E-state index in [1.165, 1.54) is 11.6 Å². The zero-order chi connectivity index (χ0) is 14.7. The van der Waals surface area contributed by atoms with Crippen LogP contribution in [0.5, 0.6) is 0 Å². The zero-order valence-electron chi connectivity index (χ0n) is 11.3. The van der Waals surface area contributed by atoms with E-state index < -0.39 is 16.8 Å². The first-order valence-corrected chi connectivity index (χ1v) is 7.58. The van der Waals surface area contributed by atoms with Crippen molar-refractivity contribution < 1.29 is 18.5 Å². The molecule has 0 aliphatic rings. The highest BCUT2D eigenvalue weighted by molar-refractivity contribution is 7.84. The third kappa shape index (κ3) is 3.36. The summed E-state index contributed by atoms with van der Waals surface area (Å²) in [5, 5.41) is 8.80. The average molecular weight is 292 g/mol. The summed E-state index contributed by atoms with van der Waals surface area (Å²) >= 11 is 0. The number of carbonyl (C=O) groups is 1. The second-order valence-corrected chi connectivity index (χ2v) is 6.27. The maximum absolute atomic E-state index is 12.2. The van der Waals surface area contributed by atoms with Crippen molar-refractivity contribution in [3.05, 3.63) is 53.5 Å². The van der Waals surface area contributed by atoms with Gasteiger partial charge in [0.15, 0.2) is 0 Å². The molecule has 1 atom stereocenters. The lowest BCUT2D eigenvalue weighted by molar-refractivity contribution is 0.0696. The molecule has 0 saturated carbocycles. The zero-order valence-corrected chi connectivity index (χ0v) is 12.1. The summed E-state index contributed by atoms with van der Waals surface area (Å²) in [5.41, 5.74) is 1.27. The Labute approximate surface area is 119 Å². The third-order valence-electron chi connectivity index (χ3n) is 2.98. The lowest BCUT2D eigenvalue weighted by Gasteiger charge is -2.06. The Morgan fingerprint density at radius 2 is 1.95 bits per heavy atom. The molecule has 106 valence electrons. The van der Waals surface area contributed by atoms with Crippen LogP contribution >= 0.6 is 0 Å². The van der Waals surface area contributed by atoms with Crippen LogP contribution in [0.25, 0.3) is 0 Å². The van der Waals surface area contributed by atoms with Gasteiger partial charge in [-0.05, 0) is 29.7 Å². The van der Waals surface area contributed by atoms with Gasteiger partial charge in [0.1, 0.15) is 12.0 Å². The lowest BCUT2D eigenvalue weighted by Crippen LogP contribution is -1.97. The summed E-state index contributed by atoms with van der Waals surface area (Å²) in [6.07, 6.45) is 1.16. The summed E-state index contributed by atoms with van der Waals surface area (Å²) in [6, 6.07) is 9.01. The van der Waals surface area contributed by atoms with E-state index in [0.717, 1.165) is 6.26 Å². The van der Waals surface area contributed by atoms with E-state index in [2.05, 4.69) is 13.8 Å². The molecule has 1 aromatic carbocycles. The first kappa shape index (κ1) is 14.5. The quantitative estimate of drug-likeness (QED) is 0.917. The largest absolute Gasteiger partial charge is 0.478 e. The Balaban J connectivity index is 2.09. The number of rotatable bonds is 5. The predicted molar refractivity (Wildman–Crippen MR) is 76.3 cm³/mol. The number of carboxylic acid groups (broad SMARTS) is 1. The van der Waals surface area contributed by atoms with E-state index in [9.17, 15) is 9.00 Å². The monoisotopic (exact) mass is 292 g/mol. The molecular formula is C15H16O4S. The fourth-order valence-electron chi connectivity index (χ4n) is 1.79. The highest BCUT2D eigenvalue weighted by Crippen LogP contribution is 2.19.